The SMILES string of the molecule is CCn1cccc1C(=O)NCC1(CC(=O)O)CCC1. The number of nitrogens with zero attached hydrogens (tertiary/aromatic N) is 1. The molecule has 19 heavy (non-hydrogen) atoms. The Morgan fingerprint density at radius 3 is 2.74 bits per heavy atom. The number of hydrogen-bond donors (Lipinski definition) is 2. The smallest absolute Gasteiger partial charge is 0.303 e. The maximum absolute atomic E-state index is 12.1. The van der Waals surface area contributed by atoms with E-state index in [0.29, 0.717) is 12.2 Å². The first-order chi connectivity index (χ1) is 9.06. The van der Waals surface area contributed by atoms with Gasteiger partial charge in [-0.2, -0.15) is 0 Å². The van der Waals surface area contributed by atoms with Crippen molar-refractivity contribution in [2.24, 2.45) is 5.41 Å². The van der Waals surface area contributed by atoms with Crippen molar-refractivity contribution in [1.82, 2.24) is 9.88 Å². The van der Waals surface area contributed by atoms with E-state index >= 15 is 0 Å². The molecule has 0 spiro atoms. The highest BCUT2D eigenvalue weighted by molar-refractivity contribution is 5.92. The van der Waals surface area contributed by atoms with Crippen LogP contribution in [-0.4, -0.2) is 28.1 Å². The third kappa shape index (κ3) is 2.97. The van der Waals surface area contributed by atoms with Gasteiger partial charge in [0.25, 0.3) is 5.91 Å². The number of carbonyl (C=O) groups excluding carboxylic acids is 1. The first kappa shape index (κ1) is 13.6. The summed E-state index contributed by atoms with van der Waals surface area (Å²) < 4.78 is 1.87. The minimum atomic E-state index is -0.786. The molecule has 2 rings (SSSR count). The van der Waals surface area contributed by atoms with Crippen LogP contribution in [0.2, 0.25) is 0 Å². The van der Waals surface area contributed by atoms with Crippen molar-refractivity contribution in [2.45, 2.75) is 39.2 Å². The van der Waals surface area contributed by atoms with Gasteiger partial charge in [0.05, 0.1) is 6.42 Å². The molecule has 1 saturated carbocycles. The lowest BCUT2D eigenvalue weighted by molar-refractivity contribution is -0.141. The van der Waals surface area contributed by atoms with Crippen LogP contribution in [-0.2, 0) is 11.3 Å². The Morgan fingerprint density at radius 2 is 2.21 bits per heavy atom. The summed E-state index contributed by atoms with van der Waals surface area (Å²) in [7, 11) is 0. The van der Waals surface area contributed by atoms with Crippen molar-refractivity contribution in [1.29, 1.82) is 0 Å². The summed E-state index contributed by atoms with van der Waals surface area (Å²) in [4.78, 5) is 22.9. The number of aromatic nitrogens is 1. The molecule has 1 heterocycles. The van der Waals surface area contributed by atoms with Gasteiger partial charge in [0.2, 0.25) is 0 Å². The summed E-state index contributed by atoms with van der Waals surface area (Å²) in [6, 6.07) is 3.62. The number of nitrogens with one attached hydrogen (secondary N) is 1. The lowest BCUT2D eigenvalue weighted by atomic mass is 9.66. The number of carbonyl (C=O) groups is 2. The summed E-state index contributed by atoms with van der Waals surface area (Å²) in [5, 5.41) is 11.8. The normalized spacial score (nSPS) is 16.7. The van der Waals surface area contributed by atoms with Crippen LogP contribution in [0.15, 0.2) is 18.3 Å². The van der Waals surface area contributed by atoms with Gasteiger partial charge in [0.1, 0.15) is 5.69 Å². The molecular weight excluding hydrogens is 244 g/mol. The van der Waals surface area contributed by atoms with Crippen LogP contribution >= 0.6 is 0 Å². The summed E-state index contributed by atoms with van der Waals surface area (Å²) in [5.74, 6) is -0.908. The molecule has 104 valence electrons. The minimum absolute atomic E-state index is 0.122. The van der Waals surface area contributed by atoms with E-state index < -0.39 is 5.97 Å². The van der Waals surface area contributed by atoms with Crippen molar-refractivity contribution in [2.75, 3.05) is 6.54 Å². The zero-order valence-electron chi connectivity index (χ0n) is 11.2. The maximum atomic E-state index is 12.1. The molecule has 1 aromatic rings. The second-order valence-corrected chi connectivity index (χ2v) is 5.29. The molecule has 5 heteroatoms. The van der Waals surface area contributed by atoms with Crippen LogP contribution in [0, 0.1) is 5.41 Å². The van der Waals surface area contributed by atoms with Crippen molar-refractivity contribution in [3.63, 3.8) is 0 Å². The summed E-state index contributed by atoms with van der Waals surface area (Å²) in [5.41, 5.74) is 0.401. The first-order valence-corrected chi connectivity index (χ1v) is 6.71. The van der Waals surface area contributed by atoms with Gasteiger partial charge in [-0.3, -0.25) is 9.59 Å². The minimum Gasteiger partial charge on any atom is -0.481 e. The molecule has 2 N–H and O–H groups in total. The number of hydrogen-bond acceptors (Lipinski definition) is 2. The fourth-order valence-corrected chi connectivity index (χ4v) is 2.67. The standard InChI is InChI=1S/C14H20N2O3/c1-2-16-8-3-5-11(16)13(19)15-10-14(6-4-7-14)9-12(17)18/h3,5,8H,2,4,6-7,9-10H2,1H3,(H,15,19)(H,17,18). The Kier molecular flexibility index (Phi) is 3.93. The third-order valence-electron chi connectivity index (χ3n) is 3.97. The van der Waals surface area contributed by atoms with Crippen LogP contribution in [0.25, 0.3) is 0 Å². The fourth-order valence-electron chi connectivity index (χ4n) is 2.67. The van der Waals surface area contributed by atoms with Gasteiger partial charge < -0.3 is 15.0 Å². The molecule has 0 saturated heterocycles. The van der Waals surface area contributed by atoms with E-state index in [1.54, 1.807) is 6.07 Å². The molecule has 0 bridgehead atoms. The Morgan fingerprint density at radius 1 is 1.47 bits per heavy atom. The highest BCUT2D eigenvalue weighted by Crippen LogP contribution is 2.43. The van der Waals surface area contributed by atoms with Crippen LogP contribution in [0.3, 0.4) is 0 Å². The second-order valence-electron chi connectivity index (χ2n) is 5.29. The zero-order valence-corrected chi connectivity index (χ0v) is 11.2. The third-order valence-corrected chi connectivity index (χ3v) is 3.97. The van der Waals surface area contributed by atoms with Gasteiger partial charge in [-0.1, -0.05) is 6.42 Å². The van der Waals surface area contributed by atoms with Crippen LogP contribution < -0.4 is 5.32 Å². The Hall–Kier alpha value is -1.78. The van der Waals surface area contributed by atoms with E-state index in [9.17, 15) is 9.59 Å². The molecular formula is C14H20N2O3. The van der Waals surface area contributed by atoms with Crippen molar-refractivity contribution in [3.05, 3.63) is 24.0 Å². The summed E-state index contributed by atoms with van der Waals surface area (Å²) in [6.45, 7) is 3.18. The molecule has 5 nitrogen and oxygen atoms in total. The molecule has 0 unspecified atom stereocenters. The van der Waals surface area contributed by atoms with Gasteiger partial charge >= 0.3 is 5.97 Å². The zero-order chi connectivity index (χ0) is 13.9. The number of aryl methyl sites for hydroxylation is 1. The second kappa shape index (κ2) is 5.47. The molecule has 1 amide bonds. The fraction of sp³-hybridized carbons (Fsp3) is 0.571. The Balaban J connectivity index is 1.94. The Labute approximate surface area is 112 Å². The largest absolute Gasteiger partial charge is 0.481 e. The van der Waals surface area contributed by atoms with Gasteiger partial charge in [-0.05, 0) is 37.3 Å². The average molecular weight is 264 g/mol. The number of amides is 1. The van der Waals surface area contributed by atoms with Gasteiger partial charge in [0, 0.05) is 19.3 Å². The maximum Gasteiger partial charge on any atom is 0.303 e. The number of carboxylic acid groups (broad SMARTS) is 1. The molecule has 0 atom stereocenters. The van der Waals surface area contributed by atoms with Gasteiger partial charge in [-0.25, -0.2) is 0 Å². The molecule has 0 radical (unpaired) electrons. The predicted molar refractivity (Wildman–Crippen MR) is 71.0 cm³/mol. The predicted octanol–water partition coefficient (Wildman–Crippen LogP) is 1.88. The van der Waals surface area contributed by atoms with Crippen LogP contribution in [0.1, 0.15) is 43.1 Å². The summed E-state index contributed by atoms with van der Waals surface area (Å²) in [6.07, 6.45) is 4.82. The van der Waals surface area contributed by atoms with E-state index in [-0.39, 0.29) is 17.7 Å². The van der Waals surface area contributed by atoms with E-state index in [1.807, 2.05) is 23.8 Å². The molecule has 0 aliphatic heterocycles. The van der Waals surface area contributed by atoms with Gasteiger partial charge in [-0.15, -0.1) is 0 Å². The van der Waals surface area contributed by atoms with Crippen molar-refractivity contribution < 1.29 is 14.7 Å². The molecule has 1 fully saturated rings. The van der Waals surface area contributed by atoms with Crippen LogP contribution in [0.4, 0.5) is 0 Å². The van der Waals surface area contributed by atoms with Crippen molar-refractivity contribution >= 4 is 11.9 Å². The number of carboxylic acids is 1. The molecule has 1 aliphatic carbocycles. The van der Waals surface area contributed by atoms with E-state index in [4.69, 9.17) is 5.11 Å². The monoisotopic (exact) mass is 264 g/mol. The van der Waals surface area contributed by atoms with E-state index in [2.05, 4.69) is 5.32 Å². The first-order valence-electron chi connectivity index (χ1n) is 6.71. The number of aliphatic carboxylic acids is 1. The van der Waals surface area contributed by atoms with Gasteiger partial charge in [0.15, 0.2) is 0 Å². The highest BCUT2D eigenvalue weighted by Gasteiger charge is 2.39. The molecule has 1 aromatic heterocycles. The van der Waals surface area contributed by atoms with E-state index in [1.165, 1.54) is 0 Å². The van der Waals surface area contributed by atoms with Crippen LogP contribution in [0.5, 0.6) is 0 Å². The average Bonchev–Trinajstić information content (AvgIpc) is 2.79. The van der Waals surface area contributed by atoms with E-state index in [0.717, 1.165) is 25.8 Å². The highest BCUT2D eigenvalue weighted by atomic mass is 16.4. The lowest BCUT2D eigenvalue weighted by Gasteiger charge is -2.40. The quantitative estimate of drug-likeness (QED) is 0.824. The lowest BCUT2D eigenvalue weighted by Crippen LogP contribution is -2.43. The number of rotatable bonds is 6. The van der Waals surface area contributed by atoms with Crippen molar-refractivity contribution in [3.8, 4) is 0 Å². The molecule has 0 aromatic carbocycles. The molecule has 1 aliphatic rings. The summed E-state index contributed by atoms with van der Waals surface area (Å²) >= 11 is 0. The topological polar surface area (TPSA) is 71.3 Å². The Bertz CT molecular complexity index is 475.